The minimum atomic E-state index is -0.398. The number of hydrogen-bond acceptors (Lipinski definition) is 3. The first-order valence-corrected chi connectivity index (χ1v) is 6.98. The molecule has 0 amide bonds. The number of aliphatic hydroxyl groups excluding tert-OH is 1. The van der Waals surface area contributed by atoms with E-state index in [0.29, 0.717) is 5.69 Å². The number of thioether (sulfide) groups is 1. The van der Waals surface area contributed by atoms with E-state index < -0.39 is 5.54 Å². The van der Waals surface area contributed by atoms with Crippen LogP contribution in [0.4, 0.5) is 10.1 Å². The summed E-state index contributed by atoms with van der Waals surface area (Å²) in [7, 11) is 0. The Kier molecular flexibility index (Phi) is 3.94. The molecule has 94 valence electrons. The van der Waals surface area contributed by atoms with Crippen molar-refractivity contribution in [3.8, 4) is 0 Å². The van der Waals surface area contributed by atoms with Gasteiger partial charge in [-0.15, -0.1) is 0 Å². The molecular formula is C13H18FNOS. The van der Waals surface area contributed by atoms with E-state index in [0.717, 1.165) is 18.6 Å². The molecule has 2 N–H and O–H groups in total. The molecule has 1 aromatic carbocycles. The zero-order chi connectivity index (χ0) is 12.3. The van der Waals surface area contributed by atoms with Gasteiger partial charge in [-0.3, -0.25) is 0 Å². The minimum absolute atomic E-state index is 0.0372. The van der Waals surface area contributed by atoms with Gasteiger partial charge in [0.25, 0.3) is 0 Å². The Bertz CT molecular complexity index is 387. The van der Waals surface area contributed by atoms with E-state index in [1.807, 2.05) is 11.8 Å². The number of para-hydroxylation sites is 1. The van der Waals surface area contributed by atoms with Crippen LogP contribution in [0.1, 0.15) is 19.8 Å². The van der Waals surface area contributed by atoms with Crippen molar-refractivity contribution < 1.29 is 9.50 Å². The highest BCUT2D eigenvalue weighted by atomic mass is 32.2. The van der Waals surface area contributed by atoms with Crippen LogP contribution >= 0.6 is 11.8 Å². The molecule has 1 aliphatic heterocycles. The van der Waals surface area contributed by atoms with Crippen molar-refractivity contribution in [3.63, 3.8) is 0 Å². The van der Waals surface area contributed by atoms with E-state index in [1.54, 1.807) is 18.2 Å². The molecule has 17 heavy (non-hydrogen) atoms. The van der Waals surface area contributed by atoms with Gasteiger partial charge in [0.1, 0.15) is 5.82 Å². The molecule has 0 saturated carbocycles. The normalized spacial score (nSPS) is 29.0. The van der Waals surface area contributed by atoms with E-state index in [2.05, 4.69) is 12.2 Å². The average Bonchev–Trinajstić information content (AvgIpc) is 2.35. The topological polar surface area (TPSA) is 32.3 Å². The molecule has 1 heterocycles. The number of halogens is 1. The molecule has 2 atom stereocenters. The Hall–Kier alpha value is -0.740. The van der Waals surface area contributed by atoms with Crippen LogP contribution in [0.5, 0.6) is 0 Å². The van der Waals surface area contributed by atoms with Crippen molar-refractivity contribution in [2.45, 2.75) is 30.6 Å². The Labute approximate surface area is 106 Å². The Morgan fingerprint density at radius 2 is 2.29 bits per heavy atom. The van der Waals surface area contributed by atoms with Crippen LogP contribution in [0.3, 0.4) is 0 Å². The summed E-state index contributed by atoms with van der Waals surface area (Å²) in [6.07, 6.45) is 1.93. The van der Waals surface area contributed by atoms with Crippen LogP contribution in [-0.2, 0) is 0 Å². The molecule has 0 aliphatic carbocycles. The fraction of sp³-hybridized carbons (Fsp3) is 0.538. The number of aliphatic hydroxyl groups is 1. The first-order valence-electron chi connectivity index (χ1n) is 5.93. The Morgan fingerprint density at radius 3 is 2.94 bits per heavy atom. The second-order valence-electron chi connectivity index (χ2n) is 4.54. The fourth-order valence-electron chi connectivity index (χ4n) is 2.25. The van der Waals surface area contributed by atoms with Gasteiger partial charge in [0.2, 0.25) is 0 Å². The minimum Gasteiger partial charge on any atom is -0.394 e. The molecule has 0 bridgehead atoms. The SMILES string of the molecule is CC1SCCCC1(CO)Nc1ccccc1F. The summed E-state index contributed by atoms with van der Waals surface area (Å²) in [5, 5.41) is 13.2. The summed E-state index contributed by atoms with van der Waals surface area (Å²) in [5.41, 5.74) is 0.0846. The number of rotatable bonds is 3. The second kappa shape index (κ2) is 5.27. The highest BCUT2D eigenvalue weighted by Gasteiger charge is 2.38. The summed E-state index contributed by atoms with van der Waals surface area (Å²) in [6.45, 7) is 2.13. The average molecular weight is 255 g/mol. The molecular weight excluding hydrogens is 237 g/mol. The highest BCUT2D eigenvalue weighted by Crippen LogP contribution is 2.36. The van der Waals surface area contributed by atoms with Crippen molar-refractivity contribution in [1.82, 2.24) is 0 Å². The lowest BCUT2D eigenvalue weighted by atomic mass is 9.90. The van der Waals surface area contributed by atoms with E-state index >= 15 is 0 Å². The molecule has 1 fully saturated rings. The maximum absolute atomic E-state index is 13.6. The fourth-order valence-corrected chi connectivity index (χ4v) is 3.49. The second-order valence-corrected chi connectivity index (χ2v) is 5.98. The summed E-state index contributed by atoms with van der Waals surface area (Å²) in [5.74, 6) is 0.852. The summed E-state index contributed by atoms with van der Waals surface area (Å²) < 4.78 is 13.6. The molecule has 0 radical (unpaired) electrons. The molecule has 0 aromatic heterocycles. The van der Waals surface area contributed by atoms with Gasteiger partial charge in [0, 0.05) is 5.25 Å². The van der Waals surface area contributed by atoms with Gasteiger partial charge in [0.15, 0.2) is 0 Å². The van der Waals surface area contributed by atoms with Crippen LogP contribution < -0.4 is 5.32 Å². The molecule has 4 heteroatoms. The lowest BCUT2D eigenvalue weighted by molar-refractivity contribution is 0.198. The van der Waals surface area contributed by atoms with Gasteiger partial charge >= 0.3 is 0 Å². The van der Waals surface area contributed by atoms with Gasteiger partial charge < -0.3 is 10.4 Å². The van der Waals surface area contributed by atoms with Crippen LogP contribution in [0.2, 0.25) is 0 Å². The maximum Gasteiger partial charge on any atom is 0.146 e. The summed E-state index contributed by atoms with van der Waals surface area (Å²) >= 11 is 1.83. The highest BCUT2D eigenvalue weighted by molar-refractivity contribution is 8.00. The van der Waals surface area contributed by atoms with E-state index in [4.69, 9.17) is 0 Å². The third-order valence-electron chi connectivity index (χ3n) is 3.45. The lowest BCUT2D eigenvalue weighted by Crippen LogP contribution is -2.52. The van der Waals surface area contributed by atoms with Crippen LogP contribution in [0, 0.1) is 5.82 Å². The molecule has 1 aromatic rings. The monoisotopic (exact) mass is 255 g/mol. The largest absolute Gasteiger partial charge is 0.394 e. The number of hydrogen-bond donors (Lipinski definition) is 2. The smallest absolute Gasteiger partial charge is 0.146 e. The van der Waals surface area contributed by atoms with Crippen molar-refractivity contribution in [1.29, 1.82) is 0 Å². The lowest BCUT2D eigenvalue weighted by Gasteiger charge is -2.42. The van der Waals surface area contributed by atoms with E-state index in [-0.39, 0.29) is 17.7 Å². The molecule has 1 aliphatic rings. The predicted molar refractivity (Wildman–Crippen MR) is 71.0 cm³/mol. The first kappa shape index (κ1) is 12.7. The van der Waals surface area contributed by atoms with Crippen LogP contribution in [0.15, 0.2) is 24.3 Å². The van der Waals surface area contributed by atoms with Crippen molar-refractivity contribution >= 4 is 17.4 Å². The molecule has 2 nitrogen and oxygen atoms in total. The maximum atomic E-state index is 13.6. The molecule has 1 saturated heterocycles. The van der Waals surface area contributed by atoms with Gasteiger partial charge in [-0.1, -0.05) is 19.1 Å². The van der Waals surface area contributed by atoms with Gasteiger partial charge in [-0.25, -0.2) is 4.39 Å². The zero-order valence-corrected chi connectivity index (χ0v) is 10.8. The number of anilines is 1. The van der Waals surface area contributed by atoms with Crippen LogP contribution in [0.25, 0.3) is 0 Å². The first-order chi connectivity index (χ1) is 8.18. The third kappa shape index (κ3) is 2.58. The number of nitrogens with one attached hydrogen (secondary N) is 1. The van der Waals surface area contributed by atoms with Crippen molar-refractivity contribution in [3.05, 3.63) is 30.1 Å². The van der Waals surface area contributed by atoms with Gasteiger partial charge in [-0.2, -0.15) is 11.8 Å². The molecule has 0 spiro atoms. The van der Waals surface area contributed by atoms with Crippen molar-refractivity contribution in [2.75, 3.05) is 17.7 Å². The van der Waals surface area contributed by atoms with Crippen molar-refractivity contribution in [2.24, 2.45) is 0 Å². The summed E-state index contributed by atoms with van der Waals surface area (Å²) in [6, 6.07) is 6.63. The quantitative estimate of drug-likeness (QED) is 0.871. The van der Waals surface area contributed by atoms with Gasteiger partial charge in [0.05, 0.1) is 17.8 Å². The Morgan fingerprint density at radius 1 is 1.53 bits per heavy atom. The van der Waals surface area contributed by atoms with E-state index in [1.165, 1.54) is 6.07 Å². The summed E-state index contributed by atoms with van der Waals surface area (Å²) in [4.78, 5) is 0. The molecule has 2 rings (SSSR count). The number of benzene rings is 1. The third-order valence-corrected chi connectivity index (χ3v) is 4.93. The molecule has 2 unspecified atom stereocenters. The Balaban J connectivity index is 2.22. The standard InChI is InChI=1S/C13H18FNOS/c1-10-13(9-16,7-4-8-17-10)15-12-6-3-2-5-11(12)14/h2-3,5-6,10,15-16H,4,7-9H2,1H3. The van der Waals surface area contributed by atoms with Gasteiger partial charge in [-0.05, 0) is 30.7 Å². The van der Waals surface area contributed by atoms with E-state index in [9.17, 15) is 9.50 Å². The predicted octanol–water partition coefficient (Wildman–Crippen LogP) is 2.88. The zero-order valence-electron chi connectivity index (χ0n) is 9.95. The van der Waals surface area contributed by atoms with Crippen LogP contribution in [-0.4, -0.2) is 28.3 Å².